The first-order valence-corrected chi connectivity index (χ1v) is 10.0. The van der Waals surface area contributed by atoms with Crippen LogP contribution in [0, 0.1) is 5.92 Å². The summed E-state index contributed by atoms with van der Waals surface area (Å²) in [6, 6.07) is 0.411. The number of rotatable bonds is 7. The van der Waals surface area contributed by atoms with E-state index < -0.39 is 10.0 Å². The van der Waals surface area contributed by atoms with Gasteiger partial charge in [0.05, 0.1) is 5.75 Å². The topological polar surface area (TPSA) is 52.7 Å². The Morgan fingerprint density at radius 3 is 2.62 bits per heavy atom. The monoisotopic (exact) mass is 317 g/mol. The van der Waals surface area contributed by atoms with Crippen LogP contribution in [0.5, 0.6) is 0 Å². The third kappa shape index (κ3) is 4.91. The molecule has 0 aromatic rings. The van der Waals surface area contributed by atoms with Gasteiger partial charge in [0.1, 0.15) is 0 Å². The molecule has 2 fully saturated rings. The highest BCUT2D eigenvalue weighted by Crippen LogP contribution is 2.20. The maximum Gasteiger partial charge on any atom is 0.213 e. The lowest BCUT2D eigenvalue weighted by molar-refractivity contribution is 0.237. The van der Waals surface area contributed by atoms with Crippen LogP contribution in [0.25, 0.3) is 0 Å². The summed E-state index contributed by atoms with van der Waals surface area (Å²) in [5.41, 5.74) is 0. The van der Waals surface area contributed by atoms with E-state index in [0.717, 1.165) is 51.9 Å². The van der Waals surface area contributed by atoms with Crippen molar-refractivity contribution in [2.75, 3.05) is 45.5 Å². The van der Waals surface area contributed by atoms with Gasteiger partial charge in [0.15, 0.2) is 0 Å². The van der Waals surface area contributed by atoms with Crippen LogP contribution in [-0.2, 0) is 10.0 Å². The fraction of sp³-hybridized carbons (Fsp3) is 1.00. The van der Waals surface area contributed by atoms with Crippen LogP contribution >= 0.6 is 0 Å². The Balaban J connectivity index is 1.80. The van der Waals surface area contributed by atoms with E-state index in [1.807, 2.05) is 0 Å². The number of nitrogens with one attached hydrogen (secondary N) is 1. The predicted molar refractivity (Wildman–Crippen MR) is 86.9 cm³/mol. The Morgan fingerprint density at radius 2 is 1.95 bits per heavy atom. The van der Waals surface area contributed by atoms with E-state index in [-0.39, 0.29) is 0 Å². The third-order valence-electron chi connectivity index (χ3n) is 5.09. The molecule has 2 heterocycles. The van der Waals surface area contributed by atoms with Gasteiger partial charge in [-0.1, -0.05) is 6.92 Å². The molecule has 2 aliphatic heterocycles. The van der Waals surface area contributed by atoms with Crippen molar-refractivity contribution in [2.45, 2.75) is 45.1 Å². The Morgan fingerprint density at radius 1 is 1.24 bits per heavy atom. The number of piperidine rings is 1. The Bertz CT molecular complexity index is 407. The quantitative estimate of drug-likeness (QED) is 0.764. The van der Waals surface area contributed by atoms with E-state index in [4.69, 9.17) is 0 Å². The SMILES string of the molecule is CCN1CCCC1CN(C)S(=O)(=O)CCC1CCNCC1. The zero-order valence-corrected chi connectivity index (χ0v) is 14.4. The van der Waals surface area contributed by atoms with Crippen molar-refractivity contribution in [3.63, 3.8) is 0 Å². The molecule has 1 atom stereocenters. The molecule has 21 heavy (non-hydrogen) atoms. The summed E-state index contributed by atoms with van der Waals surface area (Å²) in [5.74, 6) is 0.889. The summed E-state index contributed by atoms with van der Waals surface area (Å²) in [7, 11) is -1.34. The van der Waals surface area contributed by atoms with Gasteiger partial charge in [-0.15, -0.1) is 0 Å². The van der Waals surface area contributed by atoms with E-state index in [2.05, 4.69) is 17.1 Å². The average Bonchev–Trinajstić information content (AvgIpc) is 2.93. The summed E-state index contributed by atoms with van der Waals surface area (Å²) < 4.78 is 26.5. The summed E-state index contributed by atoms with van der Waals surface area (Å²) in [5, 5.41) is 3.33. The summed E-state index contributed by atoms with van der Waals surface area (Å²) in [6.45, 7) is 7.02. The molecule has 1 unspecified atom stereocenters. The summed E-state index contributed by atoms with van der Waals surface area (Å²) in [4.78, 5) is 2.40. The molecule has 0 saturated carbocycles. The first-order valence-electron chi connectivity index (χ1n) is 8.41. The highest BCUT2D eigenvalue weighted by atomic mass is 32.2. The first kappa shape index (κ1) is 17.2. The van der Waals surface area contributed by atoms with Crippen LogP contribution in [0.1, 0.15) is 39.0 Å². The van der Waals surface area contributed by atoms with Gasteiger partial charge in [0, 0.05) is 19.6 Å². The molecule has 6 heteroatoms. The van der Waals surface area contributed by atoms with Gasteiger partial charge in [-0.25, -0.2) is 12.7 Å². The van der Waals surface area contributed by atoms with Gasteiger partial charge in [0.25, 0.3) is 0 Å². The molecule has 0 aromatic heterocycles. The minimum atomic E-state index is -3.09. The van der Waals surface area contributed by atoms with Gasteiger partial charge >= 0.3 is 0 Å². The van der Waals surface area contributed by atoms with Crippen molar-refractivity contribution in [1.29, 1.82) is 0 Å². The lowest BCUT2D eigenvalue weighted by Crippen LogP contribution is -2.42. The van der Waals surface area contributed by atoms with Crippen molar-refractivity contribution < 1.29 is 8.42 Å². The minimum absolute atomic E-state index is 0.313. The van der Waals surface area contributed by atoms with E-state index in [1.54, 1.807) is 11.4 Å². The van der Waals surface area contributed by atoms with E-state index in [0.29, 0.717) is 24.3 Å². The second-order valence-electron chi connectivity index (χ2n) is 6.50. The van der Waals surface area contributed by atoms with Crippen LogP contribution in [0.3, 0.4) is 0 Å². The van der Waals surface area contributed by atoms with Crippen molar-refractivity contribution in [3.8, 4) is 0 Å². The van der Waals surface area contributed by atoms with Crippen molar-refractivity contribution >= 4 is 10.0 Å². The Hall–Kier alpha value is -0.170. The van der Waals surface area contributed by atoms with Crippen LogP contribution < -0.4 is 5.32 Å². The second-order valence-corrected chi connectivity index (χ2v) is 8.70. The van der Waals surface area contributed by atoms with Gasteiger partial charge in [0.2, 0.25) is 10.0 Å². The van der Waals surface area contributed by atoms with E-state index >= 15 is 0 Å². The van der Waals surface area contributed by atoms with Crippen LogP contribution in [0.2, 0.25) is 0 Å². The third-order valence-corrected chi connectivity index (χ3v) is 6.94. The predicted octanol–water partition coefficient (Wildman–Crippen LogP) is 1.12. The molecule has 0 spiro atoms. The highest BCUT2D eigenvalue weighted by molar-refractivity contribution is 7.89. The molecule has 1 N–H and O–H groups in total. The maximum absolute atomic E-state index is 12.4. The maximum atomic E-state index is 12.4. The lowest BCUT2D eigenvalue weighted by Gasteiger charge is -2.28. The zero-order valence-electron chi connectivity index (χ0n) is 13.6. The largest absolute Gasteiger partial charge is 0.317 e. The number of nitrogens with zero attached hydrogens (tertiary/aromatic N) is 2. The van der Waals surface area contributed by atoms with E-state index in [1.165, 1.54) is 6.42 Å². The van der Waals surface area contributed by atoms with E-state index in [9.17, 15) is 8.42 Å². The molecule has 0 aromatic carbocycles. The van der Waals surface area contributed by atoms with Gasteiger partial charge in [-0.3, -0.25) is 4.90 Å². The van der Waals surface area contributed by atoms with Gasteiger partial charge < -0.3 is 5.32 Å². The van der Waals surface area contributed by atoms with Gasteiger partial charge in [-0.2, -0.15) is 0 Å². The molecule has 124 valence electrons. The number of hydrogen-bond acceptors (Lipinski definition) is 4. The molecule has 0 amide bonds. The lowest BCUT2D eigenvalue weighted by atomic mass is 9.96. The number of likely N-dealkylation sites (tertiary alicyclic amines) is 1. The second kappa shape index (κ2) is 7.90. The molecule has 2 aliphatic rings. The molecular weight excluding hydrogens is 286 g/mol. The minimum Gasteiger partial charge on any atom is -0.317 e. The van der Waals surface area contributed by atoms with Crippen LogP contribution in [0.4, 0.5) is 0 Å². The molecule has 0 bridgehead atoms. The fourth-order valence-electron chi connectivity index (χ4n) is 3.57. The smallest absolute Gasteiger partial charge is 0.213 e. The molecule has 0 radical (unpaired) electrons. The van der Waals surface area contributed by atoms with Crippen LogP contribution in [0.15, 0.2) is 0 Å². The number of likely N-dealkylation sites (N-methyl/N-ethyl adjacent to an activating group) is 2. The molecule has 5 nitrogen and oxygen atoms in total. The molecule has 0 aliphatic carbocycles. The molecular formula is C15H31N3O2S. The Labute approximate surface area is 130 Å². The van der Waals surface area contributed by atoms with Crippen molar-refractivity contribution in [2.24, 2.45) is 5.92 Å². The van der Waals surface area contributed by atoms with Crippen molar-refractivity contribution in [3.05, 3.63) is 0 Å². The summed E-state index contributed by atoms with van der Waals surface area (Å²) >= 11 is 0. The van der Waals surface area contributed by atoms with Gasteiger partial charge in [-0.05, 0) is 64.2 Å². The first-order chi connectivity index (χ1) is 10.0. The number of hydrogen-bond donors (Lipinski definition) is 1. The highest BCUT2D eigenvalue weighted by Gasteiger charge is 2.28. The molecule has 2 saturated heterocycles. The standard InChI is InChI=1S/C15H31N3O2S/c1-3-18-11-4-5-15(18)13-17(2)21(19,20)12-8-14-6-9-16-10-7-14/h14-16H,3-13H2,1-2H3. The zero-order chi connectivity index (χ0) is 15.3. The Kier molecular flexibility index (Phi) is 6.47. The normalized spacial score (nSPS) is 25.8. The fourth-order valence-corrected chi connectivity index (χ4v) is 4.91. The number of sulfonamides is 1. The van der Waals surface area contributed by atoms with Crippen molar-refractivity contribution in [1.82, 2.24) is 14.5 Å². The molecule has 2 rings (SSSR count). The van der Waals surface area contributed by atoms with Crippen LogP contribution in [-0.4, -0.2) is 69.2 Å². The average molecular weight is 317 g/mol. The summed E-state index contributed by atoms with van der Waals surface area (Å²) in [6.07, 6.45) is 5.37.